The Morgan fingerprint density at radius 2 is 1.96 bits per heavy atom. The zero-order valence-corrected chi connectivity index (χ0v) is 24.7. The molecule has 15 heteroatoms. The van der Waals surface area contributed by atoms with Crippen molar-refractivity contribution in [3.8, 4) is 16.5 Å². The number of halogens is 3. The van der Waals surface area contributed by atoms with Crippen molar-refractivity contribution in [1.29, 1.82) is 0 Å². The molecule has 0 spiro atoms. The molecule has 2 saturated heterocycles. The number of benzene rings is 1. The number of carboxylic acids is 1. The van der Waals surface area contributed by atoms with E-state index < -0.39 is 47.4 Å². The Kier molecular flexibility index (Phi) is 7.36. The summed E-state index contributed by atoms with van der Waals surface area (Å²) in [7, 11) is 0. The molecule has 1 aromatic carbocycles. The van der Waals surface area contributed by atoms with Crippen LogP contribution in [0.25, 0.3) is 21.0 Å². The predicted octanol–water partition coefficient (Wildman–Crippen LogP) is 4.97. The van der Waals surface area contributed by atoms with E-state index in [-0.39, 0.29) is 59.0 Å². The number of hydrogen-bond donors (Lipinski definition) is 1. The van der Waals surface area contributed by atoms with Crippen LogP contribution in [0.5, 0.6) is 5.75 Å². The van der Waals surface area contributed by atoms with Crippen molar-refractivity contribution in [1.82, 2.24) is 14.1 Å². The van der Waals surface area contributed by atoms with Crippen LogP contribution in [-0.4, -0.2) is 50.1 Å². The fourth-order valence-corrected chi connectivity index (χ4v) is 7.83. The highest BCUT2D eigenvalue weighted by Crippen LogP contribution is 2.44. The maximum absolute atomic E-state index is 14.7. The standard InChI is InChI=1S/C30H28F3N3O8S/c1-14-22-25(37)36(30(6-7-30)27(38)39)29(40)35(26(22)45-23(14)24-34-8-9-41-24)13-21(43-18-11-16-3-4-17(12-18)42-16)19-10-15(31)2-5-20(19)44-28(32)33/h2,5,8-10,16-18,21,28H,3-4,6-7,11-13H2,1H3,(H,38,39)/t16-,17+,18-,21-/m0/s1. The van der Waals surface area contributed by atoms with Crippen LogP contribution in [0.4, 0.5) is 13.2 Å². The van der Waals surface area contributed by atoms with Crippen molar-refractivity contribution >= 4 is 27.5 Å². The molecule has 4 aromatic rings. The first-order valence-corrected chi connectivity index (χ1v) is 15.3. The van der Waals surface area contributed by atoms with Gasteiger partial charge in [-0.05, 0) is 69.2 Å². The van der Waals surface area contributed by atoms with Gasteiger partial charge in [0.05, 0.1) is 41.3 Å². The average Bonchev–Trinajstić information content (AvgIpc) is 3.28. The number of nitrogens with zero attached hydrogens (tertiary/aromatic N) is 3. The number of aliphatic carboxylic acids is 1. The van der Waals surface area contributed by atoms with E-state index in [1.807, 2.05) is 0 Å². The number of aryl methyl sites for hydroxylation is 1. The Labute approximate surface area is 256 Å². The molecule has 11 nitrogen and oxygen atoms in total. The average molecular weight is 648 g/mol. The summed E-state index contributed by atoms with van der Waals surface area (Å²) in [5.41, 5.74) is -3.06. The van der Waals surface area contributed by atoms with Gasteiger partial charge < -0.3 is 23.7 Å². The maximum atomic E-state index is 14.7. The van der Waals surface area contributed by atoms with Crippen LogP contribution < -0.4 is 16.0 Å². The molecule has 238 valence electrons. The number of hydrogen-bond acceptors (Lipinski definition) is 9. The molecule has 5 heterocycles. The van der Waals surface area contributed by atoms with Gasteiger partial charge in [0, 0.05) is 5.56 Å². The second-order valence-electron chi connectivity index (χ2n) is 11.7. The quantitative estimate of drug-likeness (QED) is 0.253. The summed E-state index contributed by atoms with van der Waals surface area (Å²) >= 11 is 1.04. The molecule has 45 heavy (non-hydrogen) atoms. The number of fused-ring (bicyclic) bond motifs is 3. The summed E-state index contributed by atoms with van der Waals surface area (Å²) in [6.45, 7) is -1.95. The molecule has 0 amide bonds. The number of oxazole rings is 1. The highest BCUT2D eigenvalue weighted by atomic mass is 32.1. The first-order chi connectivity index (χ1) is 21.6. The molecule has 2 bridgehead atoms. The van der Waals surface area contributed by atoms with Crippen molar-refractivity contribution in [2.75, 3.05) is 0 Å². The first-order valence-electron chi connectivity index (χ1n) is 14.5. The second-order valence-corrected chi connectivity index (χ2v) is 12.7. The fourth-order valence-electron chi connectivity index (χ4n) is 6.58. The Bertz CT molecular complexity index is 1890. The zero-order chi connectivity index (χ0) is 31.6. The van der Waals surface area contributed by atoms with Gasteiger partial charge in [-0.2, -0.15) is 8.78 Å². The van der Waals surface area contributed by atoms with E-state index in [4.69, 9.17) is 18.6 Å². The minimum atomic E-state index is -3.22. The smallest absolute Gasteiger partial charge is 0.387 e. The summed E-state index contributed by atoms with van der Waals surface area (Å²) in [6, 6.07) is 3.07. The Morgan fingerprint density at radius 1 is 1.22 bits per heavy atom. The molecular formula is C30H28F3N3O8S. The van der Waals surface area contributed by atoms with Crippen molar-refractivity contribution in [2.24, 2.45) is 0 Å². The highest BCUT2D eigenvalue weighted by Gasteiger charge is 2.55. The molecule has 1 aliphatic carbocycles. The third kappa shape index (κ3) is 5.16. The molecule has 4 atom stereocenters. The predicted molar refractivity (Wildman–Crippen MR) is 153 cm³/mol. The van der Waals surface area contributed by atoms with Gasteiger partial charge in [0.25, 0.3) is 5.56 Å². The summed E-state index contributed by atoms with van der Waals surface area (Å²) in [5, 5.41) is 10.2. The van der Waals surface area contributed by atoms with E-state index in [2.05, 4.69) is 4.98 Å². The number of thiophene rings is 1. The SMILES string of the molecule is Cc1c(-c2ncco2)sc2c1c(=O)n(C1(C(=O)O)CC1)c(=O)n2C[C@H](O[C@@H]1C[C@H]2CC[C@@H](C1)O2)c1cc(F)ccc1OC(F)F. The van der Waals surface area contributed by atoms with Crippen molar-refractivity contribution in [2.45, 2.75) is 88.6 Å². The van der Waals surface area contributed by atoms with Crippen LogP contribution in [0.15, 0.2) is 44.7 Å². The largest absolute Gasteiger partial charge is 0.479 e. The summed E-state index contributed by atoms with van der Waals surface area (Å²) < 4.78 is 66.3. The lowest BCUT2D eigenvalue weighted by Crippen LogP contribution is -2.49. The minimum absolute atomic E-state index is 0.0522. The molecule has 0 radical (unpaired) electrons. The van der Waals surface area contributed by atoms with Gasteiger partial charge in [0.1, 0.15) is 34.3 Å². The zero-order valence-electron chi connectivity index (χ0n) is 23.9. The number of aromatic nitrogens is 3. The van der Waals surface area contributed by atoms with Gasteiger partial charge in [-0.15, -0.1) is 11.3 Å². The topological polar surface area (TPSA) is 135 Å². The number of rotatable bonds is 10. The van der Waals surface area contributed by atoms with Crippen LogP contribution in [0, 0.1) is 12.7 Å². The lowest BCUT2D eigenvalue weighted by molar-refractivity contribution is -0.142. The molecule has 3 aliphatic rings. The summed E-state index contributed by atoms with van der Waals surface area (Å²) in [6.07, 6.45) is 3.88. The fraction of sp³-hybridized carbons (Fsp3) is 0.467. The molecule has 1 N–H and O–H groups in total. The number of ether oxygens (including phenoxy) is 3. The van der Waals surface area contributed by atoms with Crippen LogP contribution in [-0.2, 0) is 26.4 Å². The Hall–Kier alpha value is -3.95. The van der Waals surface area contributed by atoms with E-state index >= 15 is 0 Å². The molecule has 3 fully saturated rings. The second kappa shape index (κ2) is 11.1. The number of alkyl halides is 2. The van der Waals surface area contributed by atoms with Crippen LogP contribution in [0.2, 0.25) is 0 Å². The van der Waals surface area contributed by atoms with Crippen LogP contribution in [0.1, 0.15) is 55.8 Å². The van der Waals surface area contributed by atoms with Crippen LogP contribution >= 0.6 is 11.3 Å². The normalized spacial score (nSPS) is 22.6. The maximum Gasteiger partial charge on any atom is 0.387 e. The van der Waals surface area contributed by atoms with E-state index in [9.17, 15) is 32.7 Å². The van der Waals surface area contributed by atoms with E-state index in [1.165, 1.54) is 17.0 Å². The van der Waals surface area contributed by atoms with Gasteiger partial charge in [0.15, 0.2) is 0 Å². The van der Waals surface area contributed by atoms with Crippen molar-refractivity contribution < 1.29 is 41.7 Å². The van der Waals surface area contributed by atoms with Gasteiger partial charge in [-0.1, -0.05) is 0 Å². The van der Waals surface area contributed by atoms with E-state index in [0.717, 1.165) is 46.9 Å². The first kappa shape index (κ1) is 29.7. The Morgan fingerprint density at radius 3 is 2.58 bits per heavy atom. The molecular weight excluding hydrogens is 619 g/mol. The molecule has 1 saturated carbocycles. The summed E-state index contributed by atoms with van der Waals surface area (Å²) in [4.78, 5) is 45.3. The lowest BCUT2D eigenvalue weighted by Gasteiger charge is -2.32. The Balaban J connectivity index is 1.42. The van der Waals surface area contributed by atoms with Gasteiger partial charge in [-0.25, -0.2) is 23.5 Å². The lowest BCUT2D eigenvalue weighted by atomic mass is 10.0. The van der Waals surface area contributed by atoms with Crippen LogP contribution in [0.3, 0.4) is 0 Å². The van der Waals surface area contributed by atoms with Crippen molar-refractivity contribution in [3.05, 3.63) is 68.4 Å². The molecule has 2 aliphatic heterocycles. The number of carbonyl (C=O) groups is 1. The number of carboxylic acid groups (broad SMARTS) is 1. The van der Waals surface area contributed by atoms with Gasteiger partial charge >= 0.3 is 18.3 Å². The van der Waals surface area contributed by atoms with E-state index in [0.29, 0.717) is 23.3 Å². The summed E-state index contributed by atoms with van der Waals surface area (Å²) in [5.74, 6) is -2.20. The molecule has 0 unspecified atom stereocenters. The van der Waals surface area contributed by atoms with Gasteiger partial charge in [-0.3, -0.25) is 9.36 Å². The monoisotopic (exact) mass is 647 g/mol. The minimum Gasteiger partial charge on any atom is -0.479 e. The molecule has 7 rings (SSSR count). The third-order valence-electron chi connectivity index (χ3n) is 8.88. The van der Waals surface area contributed by atoms with Crippen molar-refractivity contribution in [3.63, 3.8) is 0 Å². The van der Waals surface area contributed by atoms with Gasteiger partial charge in [0.2, 0.25) is 5.89 Å². The molecule has 3 aromatic heterocycles. The highest BCUT2D eigenvalue weighted by molar-refractivity contribution is 7.22. The third-order valence-corrected chi connectivity index (χ3v) is 10.2. The van der Waals surface area contributed by atoms with E-state index in [1.54, 1.807) is 6.92 Å².